The maximum Gasteiger partial charge on any atom is 0.323 e. The summed E-state index contributed by atoms with van der Waals surface area (Å²) in [6.45, 7) is 2.88. The molecule has 16 heavy (non-hydrogen) atoms. The summed E-state index contributed by atoms with van der Waals surface area (Å²) in [5, 5.41) is 11.1. The van der Waals surface area contributed by atoms with E-state index in [2.05, 4.69) is 10.3 Å². The Morgan fingerprint density at radius 2 is 2.44 bits per heavy atom. The molecule has 5 heteroatoms. The Bertz CT molecular complexity index is 371. The number of amides is 2. The van der Waals surface area contributed by atoms with E-state index in [1.807, 2.05) is 13.0 Å². The fourth-order valence-electron chi connectivity index (χ4n) is 1.21. The molecule has 0 bridgehead atoms. The largest absolute Gasteiger partial charge is 0.324 e. The van der Waals surface area contributed by atoms with Gasteiger partial charge in [-0.25, -0.2) is 9.78 Å². The maximum absolute atomic E-state index is 11.7. The second kappa shape index (κ2) is 6.40. The third-order valence-corrected chi connectivity index (χ3v) is 2.06. The minimum absolute atomic E-state index is 0.226. The molecule has 0 radical (unpaired) electrons. The average Bonchev–Trinajstić information content (AvgIpc) is 2.31. The Morgan fingerprint density at radius 3 is 3.00 bits per heavy atom. The summed E-state index contributed by atoms with van der Waals surface area (Å²) < 4.78 is 0. The van der Waals surface area contributed by atoms with E-state index < -0.39 is 0 Å². The highest BCUT2D eigenvalue weighted by Gasteiger charge is 2.10. The molecule has 1 rings (SSSR count). The zero-order chi connectivity index (χ0) is 11.8. The molecule has 0 aliphatic carbocycles. The molecule has 1 heterocycles. The second-order valence-corrected chi connectivity index (χ2v) is 3.13. The first-order valence-corrected chi connectivity index (χ1v) is 5.11. The van der Waals surface area contributed by atoms with E-state index in [4.69, 9.17) is 5.26 Å². The normalized spacial score (nSPS) is 9.25. The lowest BCUT2D eigenvalue weighted by Crippen LogP contribution is -2.35. The van der Waals surface area contributed by atoms with Crippen molar-refractivity contribution in [3.8, 4) is 6.07 Å². The van der Waals surface area contributed by atoms with Crippen LogP contribution in [0.2, 0.25) is 0 Å². The standard InChI is InChI=1S/C11H14N4O/c1-2-15(9-5-7-12)11(16)14-10-6-3-4-8-13-10/h3-4,6,8H,2,5,9H2,1H3,(H,13,14,16). The van der Waals surface area contributed by atoms with E-state index in [1.165, 1.54) is 0 Å². The van der Waals surface area contributed by atoms with Gasteiger partial charge >= 0.3 is 6.03 Å². The van der Waals surface area contributed by atoms with Crippen molar-refractivity contribution in [2.24, 2.45) is 0 Å². The number of carbonyl (C=O) groups is 1. The zero-order valence-corrected chi connectivity index (χ0v) is 9.18. The first-order valence-electron chi connectivity index (χ1n) is 5.11. The van der Waals surface area contributed by atoms with Crippen LogP contribution in [0.15, 0.2) is 24.4 Å². The number of nitrogens with one attached hydrogen (secondary N) is 1. The smallest absolute Gasteiger partial charge is 0.323 e. The summed E-state index contributed by atoms with van der Waals surface area (Å²) in [6.07, 6.45) is 1.95. The van der Waals surface area contributed by atoms with Crippen molar-refractivity contribution >= 4 is 11.8 Å². The molecular weight excluding hydrogens is 204 g/mol. The van der Waals surface area contributed by atoms with Gasteiger partial charge in [0.15, 0.2) is 0 Å². The molecule has 84 valence electrons. The van der Waals surface area contributed by atoms with Crippen LogP contribution < -0.4 is 5.32 Å². The first kappa shape index (κ1) is 12.0. The van der Waals surface area contributed by atoms with Crippen LogP contribution in [-0.2, 0) is 0 Å². The van der Waals surface area contributed by atoms with Gasteiger partial charge < -0.3 is 4.90 Å². The van der Waals surface area contributed by atoms with E-state index in [0.29, 0.717) is 25.3 Å². The Labute approximate surface area is 94.7 Å². The number of hydrogen-bond acceptors (Lipinski definition) is 3. The zero-order valence-electron chi connectivity index (χ0n) is 9.18. The van der Waals surface area contributed by atoms with Gasteiger partial charge in [-0.05, 0) is 19.1 Å². The number of urea groups is 1. The number of anilines is 1. The lowest BCUT2D eigenvalue weighted by atomic mass is 10.4. The SMILES string of the molecule is CCN(CCC#N)C(=O)Nc1ccccn1. The average molecular weight is 218 g/mol. The number of carbonyl (C=O) groups excluding carboxylic acids is 1. The minimum atomic E-state index is -0.226. The van der Waals surface area contributed by atoms with Crippen molar-refractivity contribution in [2.75, 3.05) is 18.4 Å². The fourth-order valence-corrected chi connectivity index (χ4v) is 1.21. The van der Waals surface area contributed by atoms with Gasteiger partial charge in [0, 0.05) is 19.3 Å². The van der Waals surface area contributed by atoms with E-state index in [9.17, 15) is 4.79 Å². The number of rotatable bonds is 4. The monoisotopic (exact) mass is 218 g/mol. The van der Waals surface area contributed by atoms with Crippen LogP contribution in [0.1, 0.15) is 13.3 Å². The van der Waals surface area contributed by atoms with Gasteiger partial charge in [-0.15, -0.1) is 0 Å². The van der Waals surface area contributed by atoms with Gasteiger partial charge in [-0.2, -0.15) is 5.26 Å². The van der Waals surface area contributed by atoms with Crippen LogP contribution in [0.3, 0.4) is 0 Å². The molecule has 0 unspecified atom stereocenters. The van der Waals surface area contributed by atoms with E-state index in [-0.39, 0.29) is 6.03 Å². The van der Waals surface area contributed by atoms with Gasteiger partial charge in [0.05, 0.1) is 12.5 Å². The molecule has 0 saturated heterocycles. The Morgan fingerprint density at radius 1 is 1.62 bits per heavy atom. The highest BCUT2D eigenvalue weighted by atomic mass is 16.2. The number of aromatic nitrogens is 1. The van der Waals surface area contributed by atoms with Crippen molar-refractivity contribution in [3.63, 3.8) is 0 Å². The van der Waals surface area contributed by atoms with Crippen molar-refractivity contribution in [3.05, 3.63) is 24.4 Å². The summed E-state index contributed by atoms with van der Waals surface area (Å²) in [5.74, 6) is 0.517. The minimum Gasteiger partial charge on any atom is -0.324 e. The first-order chi connectivity index (χ1) is 7.77. The van der Waals surface area contributed by atoms with E-state index in [0.717, 1.165) is 0 Å². The van der Waals surface area contributed by atoms with Crippen molar-refractivity contribution in [2.45, 2.75) is 13.3 Å². The van der Waals surface area contributed by atoms with E-state index >= 15 is 0 Å². The van der Waals surface area contributed by atoms with Crippen molar-refractivity contribution in [1.29, 1.82) is 5.26 Å². The molecule has 5 nitrogen and oxygen atoms in total. The molecule has 0 aliphatic rings. The number of nitrogens with zero attached hydrogens (tertiary/aromatic N) is 3. The van der Waals surface area contributed by atoms with Crippen LogP contribution in [0.25, 0.3) is 0 Å². The summed E-state index contributed by atoms with van der Waals surface area (Å²) in [6, 6.07) is 7.09. The quantitative estimate of drug-likeness (QED) is 0.838. The lowest BCUT2D eigenvalue weighted by molar-refractivity contribution is 0.215. The molecule has 2 amide bonds. The third kappa shape index (κ3) is 3.58. The Balaban J connectivity index is 2.53. The second-order valence-electron chi connectivity index (χ2n) is 3.13. The summed E-state index contributed by atoms with van der Waals surface area (Å²) >= 11 is 0. The van der Waals surface area contributed by atoms with Crippen LogP contribution >= 0.6 is 0 Å². The number of nitriles is 1. The van der Waals surface area contributed by atoms with E-state index in [1.54, 1.807) is 29.3 Å². The highest BCUT2D eigenvalue weighted by Crippen LogP contribution is 2.02. The summed E-state index contributed by atoms with van der Waals surface area (Å²) in [7, 11) is 0. The number of hydrogen-bond donors (Lipinski definition) is 1. The van der Waals surface area contributed by atoms with Gasteiger partial charge in [0.2, 0.25) is 0 Å². The van der Waals surface area contributed by atoms with Crippen LogP contribution in [-0.4, -0.2) is 29.0 Å². The molecule has 0 atom stereocenters. The lowest BCUT2D eigenvalue weighted by Gasteiger charge is -2.19. The molecule has 1 N–H and O–H groups in total. The van der Waals surface area contributed by atoms with Gasteiger partial charge in [-0.3, -0.25) is 5.32 Å². The predicted molar refractivity (Wildman–Crippen MR) is 60.7 cm³/mol. The molecule has 0 fully saturated rings. The Hall–Kier alpha value is -2.09. The molecule has 0 aromatic carbocycles. The number of pyridine rings is 1. The van der Waals surface area contributed by atoms with Crippen molar-refractivity contribution in [1.82, 2.24) is 9.88 Å². The fraction of sp³-hybridized carbons (Fsp3) is 0.364. The van der Waals surface area contributed by atoms with Gasteiger partial charge in [-0.1, -0.05) is 6.07 Å². The van der Waals surface area contributed by atoms with Crippen molar-refractivity contribution < 1.29 is 4.79 Å². The van der Waals surface area contributed by atoms with Crippen LogP contribution in [0, 0.1) is 11.3 Å². The molecular formula is C11H14N4O. The Kier molecular flexibility index (Phi) is 4.80. The maximum atomic E-state index is 11.7. The highest BCUT2D eigenvalue weighted by molar-refractivity contribution is 5.88. The van der Waals surface area contributed by atoms with Crippen LogP contribution in [0.5, 0.6) is 0 Å². The topological polar surface area (TPSA) is 69.0 Å². The molecule has 0 saturated carbocycles. The van der Waals surface area contributed by atoms with Gasteiger partial charge in [0.1, 0.15) is 5.82 Å². The predicted octanol–water partition coefficient (Wildman–Crippen LogP) is 1.85. The molecule has 0 aliphatic heterocycles. The third-order valence-electron chi connectivity index (χ3n) is 2.06. The molecule has 1 aromatic rings. The molecule has 0 spiro atoms. The van der Waals surface area contributed by atoms with Gasteiger partial charge in [0.25, 0.3) is 0 Å². The summed E-state index contributed by atoms with van der Waals surface area (Å²) in [5.41, 5.74) is 0. The summed E-state index contributed by atoms with van der Waals surface area (Å²) in [4.78, 5) is 17.3. The van der Waals surface area contributed by atoms with Crippen LogP contribution in [0.4, 0.5) is 10.6 Å². The molecule has 1 aromatic heterocycles.